The van der Waals surface area contributed by atoms with Crippen LogP contribution in [0.5, 0.6) is 5.88 Å². The Hall–Kier alpha value is -2.51. The van der Waals surface area contributed by atoms with Crippen molar-refractivity contribution in [1.82, 2.24) is 15.2 Å². The quantitative estimate of drug-likeness (QED) is 0.572. The lowest BCUT2D eigenvalue weighted by molar-refractivity contribution is -0.144. The molecule has 2 saturated carbocycles. The Labute approximate surface area is 194 Å². The van der Waals surface area contributed by atoms with Crippen LogP contribution in [0.25, 0.3) is 0 Å². The van der Waals surface area contributed by atoms with Gasteiger partial charge in [0.1, 0.15) is 5.82 Å². The van der Waals surface area contributed by atoms with E-state index in [1.165, 1.54) is 17.8 Å². The first-order chi connectivity index (χ1) is 16.0. The molecule has 2 atom stereocenters. The molecule has 0 unspecified atom stereocenters. The van der Waals surface area contributed by atoms with E-state index in [9.17, 15) is 14.3 Å². The minimum absolute atomic E-state index is 0.0592. The molecule has 1 aromatic heterocycles. The van der Waals surface area contributed by atoms with Gasteiger partial charge in [0, 0.05) is 36.5 Å². The summed E-state index contributed by atoms with van der Waals surface area (Å²) in [6.07, 6.45) is 5.76. The number of piperidine rings is 1. The highest BCUT2D eigenvalue weighted by Crippen LogP contribution is 2.47. The third-order valence-corrected chi connectivity index (χ3v) is 7.73. The van der Waals surface area contributed by atoms with Crippen LogP contribution in [0.3, 0.4) is 0 Å². The fourth-order valence-corrected chi connectivity index (χ4v) is 5.09. The number of ether oxygens (including phenoxy) is 1. The average molecular weight is 454 g/mol. The number of nitrogens with one attached hydrogen (secondary N) is 1. The van der Waals surface area contributed by atoms with Crippen molar-refractivity contribution < 1.29 is 19.0 Å². The number of aliphatic carboxylic acids is 1. The monoisotopic (exact) mass is 453 g/mol. The van der Waals surface area contributed by atoms with Crippen LogP contribution in [0.2, 0.25) is 0 Å². The highest BCUT2D eigenvalue weighted by atomic mass is 19.1. The van der Waals surface area contributed by atoms with Gasteiger partial charge in [-0.1, -0.05) is 30.3 Å². The zero-order valence-corrected chi connectivity index (χ0v) is 18.9. The molecule has 2 heterocycles. The second kappa shape index (κ2) is 9.03. The summed E-state index contributed by atoms with van der Waals surface area (Å²) in [7, 11) is 0. The largest absolute Gasteiger partial charge is 0.481 e. The molecule has 33 heavy (non-hydrogen) atoms. The Morgan fingerprint density at radius 2 is 1.91 bits per heavy atom. The fourth-order valence-electron chi connectivity index (χ4n) is 5.09. The first-order valence-corrected chi connectivity index (χ1v) is 12.0. The standard InChI is InChI=1S/C26H32FN3O3/c27-20-6-7-23(28-15-20)33-18-25(16-29-22-14-21(22)19-4-2-1-3-5-19)10-12-30(13-11-25)17-26(8-9-26)24(31)32/h1-7,15,21-22,29H,8-14,16-18H2,(H,31,32)/t21-,22-/m1/s1. The first kappa shape index (κ1) is 22.3. The molecule has 1 saturated heterocycles. The summed E-state index contributed by atoms with van der Waals surface area (Å²) in [6, 6.07) is 14.0. The van der Waals surface area contributed by atoms with Crippen LogP contribution in [0, 0.1) is 16.6 Å². The molecular formula is C26H32FN3O3. The third kappa shape index (κ3) is 5.20. The maximum atomic E-state index is 13.2. The molecule has 2 aliphatic carbocycles. The number of carboxylic acid groups (broad SMARTS) is 1. The smallest absolute Gasteiger partial charge is 0.310 e. The summed E-state index contributed by atoms with van der Waals surface area (Å²) in [5, 5.41) is 13.3. The molecule has 5 rings (SSSR count). The van der Waals surface area contributed by atoms with Crippen LogP contribution in [-0.2, 0) is 4.79 Å². The molecule has 0 amide bonds. The van der Waals surface area contributed by atoms with Crippen LogP contribution in [-0.4, -0.2) is 59.8 Å². The number of halogens is 1. The molecular weight excluding hydrogens is 421 g/mol. The average Bonchev–Trinajstić information content (AvgIpc) is 3.76. The summed E-state index contributed by atoms with van der Waals surface area (Å²) in [5.41, 5.74) is 0.800. The molecule has 176 valence electrons. The molecule has 6 nitrogen and oxygen atoms in total. The predicted octanol–water partition coefficient (Wildman–Crippen LogP) is 3.69. The lowest BCUT2D eigenvalue weighted by atomic mass is 9.78. The summed E-state index contributed by atoms with van der Waals surface area (Å²) in [4.78, 5) is 18.0. The van der Waals surface area contributed by atoms with E-state index < -0.39 is 11.4 Å². The van der Waals surface area contributed by atoms with Crippen molar-refractivity contribution in [3.63, 3.8) is 0 Å². The van der Waals surface area contributed by atoms with Gasteiger partial charge in [0.05, 0.1) is 18.2 Å². The number of carboxylic acids is 1. The molecule has 3 fully saturated rings. The van der Waals surface area contributed by atoms with Crippen molar-refractivity contribution in [3.05, 3.63) is 60.0 Å². The maximum absolute atomic E-state index is 13.2. The second-order valence-electron chi connectivity index (χ2n) is 10.2. The van der Waals surface area contributed by atoms with Crippen molar-refractivity contribution >= 4 is 5.97 Å². The van der Waals surface area contributed by atoms with Gasteiger partial charge in [0.25, 0.3) is 0 Å². The van der Waals surface area contributed by atoms with Crippen LogP contribution in [0.1, 0.15) is 43.6 Å². The van der Waals surface area contributed by atoms with Gasteiger partial charge in [-0.05, 0) is 56.8 Å². The van der Waals surface area contributed by atoms with E-state index in [0.29, 0.717) is 31.0 Å². The number of rotatable bonds is 10. The number of hydrogen-bond donors (Lipinski definition) is 2. The van der Waals surface area contributed by atoms with Crippen LogP contribution in [0.15, 0.2) is 48.7 Å². The Bertz CT molecular complexity index is 957. The van der Waals surface area contributed by atoms with E-state index in [0.717, 1.165) is 51.7 Å². The number of likely N-dealkylation sites (tertiary alicyclic amines) is 1. The van der Waals surface area contributed by atoms with Gasteiger partial charge >= 0.3 is 5.97 Å². The lowest BCUT2D eigenvalue weighted by Crippen LogP contribution is -2.50. The number of benzene rings is 1. The molecule has 7 heteroatoms. The Morgan fingerprint density at radius 3 is 2.55 bits per heavy atom. The first-order valence-electron chi connectivity index (χ1n) is 12.0. The van der Waals surface area contributed by atoms with E-state index in [-0.39, 0.29) is 11.2 Å². The maximum Gasteiger partial charge on any atom is 0.310 e. The summed E-state index contributed by atoms with van der Waals surface area (Å²) >= 11 is 0. The Morgan fingerprint density at radius 1 is 1.15 bits per heavy atom. The Kier molecular flexibility index (Phi) is 6.10. The zero-order valence-electron chi connectivity index (χ0n) is 18.9. The molecule has 1 aliphatic heterocycles. The zero-order chi connectivity index (χ0) is 22.9. The van der Waals surface area contributed by atoms with Gasteiger partial charge in [-0.3, -0.25) is 4.79 Å². The number of aromatic nitrogens is 1. The predicted molar refractivity (Wildman–Crippen MR) is 123 cm³/mol. The lowest BCUT2D eigenvalue weighted by Gasteiger charge is -2.42. The molecule has 3 aliphatic rings. The molecule has 2 N–H and O–H groups in total. The molecule has 0 spiro atoms. The van der Waals surface area contributed by atoms with E-state index >= 15 is 0 Å². The third-order valence-electron chi connectivity index (χ3n) is 7.73. The van der Waals surface area contributed by atoms with Crippen LogP contribution >= 0.6 is 0 Å². The minimum Gasteiger partial charge on any atom is -0.481 e. The minimum atomic E-state index is -0.660. The van der Waals surface area contributed by atoms with Gasteiger partial charge < -0.3 is 20.1 Å². The van der Waals surface area contributed by atoms with Crippen molar-refractivity contribution in [2.75, 3.05) is 32.8 Å². The number of nitrogens with zero attached hydrogens (tertiary/aromatic N) is 2. The summed E-state index contributed by atoms with van der Waals surface area (Å²) in [5.74, 6) is -0.0320. The topological polar surface area (TPSA) is 74.7 Å². The molecule has 1 aromatic carbocycles. The van der Waals surface area contributed by atoms with E-state index in [2.05, 4.69) is 39.5 Å². The number of carbonyl (C=O) groups is 1. The van der Waals surface area contributed by atoms with Crippen molar-refractivity contribution in [1.29, 1.82) is 0 Å². The summed E-state index contributed by atoms with van der Waals surface area (Å²) < 4.78 is 19.2. The van der Waals surface area contributed by atoms with Crippen LogP contribution in [0.4, 0.5) is 4.39 Å². The highest BCUT2D eigenvalue weighted by molar-refractivity contribution is 5.78. The van der Waals surface area contributed by atoms with Crippen molar-refractivity contribution in [3.8, 4) is 5.88 Å². The molecule has 0 bridgehead atoms. The van der Waals surface area contributed by atoms with Gasteiger partial charge in [0.15, 0.2) is 0 Å². The van der Waals surface area contributed by atoms with Crippen LogP contribution < -0.4 is 10.1 Å². The van der Waals surface area contributed by atoms with Gasteiger partial charge in [-0.15, -0.1) is 0 Å². The molecule has 2 aromatic rings. The Balaban J connectivity index is 1.20. The van der Waals surface area contributed by atoms with Crippen molar-refractivity contribution in [2.45, 2.75) is 44.1 Å². The van der Waals surface area contributed by atoms with Crippen molar-refractivity contribution in [2.24, 2.45) is 10.8 Å². The van der Waals surface area contributed by atoms with E-state index in [1.807, 2.05) is 6.07 Å². The number of pyridine rings is 1. The second-order valence-corrected chi connectivity index (χ2v) is 10.2. The SMILES string of the molecule is O=C(O)C1(CN2CCC(CN[C@@H]3C[C@@H]3c3ccccc3)(COc3ccc(F)cn3)CC2)CC1. The highest BCUT2D eigenvalue weighted by Gasteiger charge is 2.52. The normalized spacial score (nSPS) is 25.4. The van der Waals surface area contributed by atoms with Gasteiger partial charge in [-0.2, -0.15) is 0 Å². The fraction of sp³-hybridized carbons (Fsp3) is 0.538. The van der Waals surface area contributed by atoms with Gasteiger partial charge in [-0.25, -0.2) is 9.37 Å². The van der Waals surface area contributed by atoms with E-state index in [1.54, 1.807) is 6.07 Å². The van der Waals surface area contributed by atoms with Gasteiger partial charge in [0.2, 0.25) is 5.88 Å². The number of hydrogen-bond acceptors (Lipinski definition) is 5. The molecule has 0 radical (unpaired) electrons. The summed E-state index contributed by atoms with van der Waals surface area (Å²) in [6.45, 7) is 3.73. The van der Waals surface area contributed by atoms with E-state index in [4.69, 9.17) is 4.74 Å².